The number of imidazole rings is 1. The summed E-state index contributed by atoms with van der Waals surface area (Å²) in [7, 11) is -2.78. The van der Waals surface area contributed by atoms with Gasteiger partial charge in [0.05, 0.1) is 47.2 Å². The second-order valence-electron chi connectivity index (χ2n) is 12.0. The molecule has 0 aliphatic carbocycles. The van der Waals surface area contributed by atoms with Crippen molar-refractivity contribution in [3.8, 4) is 12.1 Å². The maximum absolute atomic E-state index is 13.9. The van der Waals surface area contributed by atoms with Gasteiger partial charge in [0, 0.05) is 37.3 Å². The van der Waals surface area contributed by atoms with Gasteiger partial charge in [-0.3, -0.25) is 14.5 Å². The van der Waals surface area contributed by atoms with Crippen LogP contribution < -0.4 is 20.9 Å². The highest BCUT2D eigenvalue weighted by Crippen LogP contribution is 2.40. The quantitative estimate of drug-likeness (QED) is 0.115. The molecule has 21 heteroatoms. The predicted molar refractivity (Wildman–Crippen MR) is 182 cm³/mol. The smallest absolute Gasteiger partial charge is 0.428 e. The van der Waals surface area contributed by atoms with Gasteiger partial charge in [-0.15, -0.1) is 14.5 Å². The largest absolute Gasteiger partial charge is 0.694 e. The number of amides is 2. The number of nitrogens with zero attached hydrogens (tertiary/aromatic N) is 9. The van der Waals surface area contributed by atoms with Gasteiger partial charge in [-0.05, 0) is 30.9 Å². The fourth-order valence-corrected chi connectivity index (χ4v) is 5.73. The monoisotopic (exact) mass is 744 g/mol. The summed E-state index contributed by atoms with van der Waals surface area (Å²) in [6, 6.07) is 6.96. The summed E-state index contributed by atoms with van der Waals surface area (Å²) in [5.74, 6) is -1.33. The minimum Gasteiger partial charge on any atom is -0.428 e. The van der Waals surface area contributed by atoms with Crippen molar-refractivity contribution in [1.29, 1.82) is 10.5 Å². The third kappa shape index (κ3) is 9.97. The van der Waals surface area contributed by atoms with Crippen molar-refractivity contribution in [2.24, 2.45) is 11.1 Å². The fourth-order valence-electron chi connectivity index (χ4n) is 5.17. The summed E-state index contributed by atoms with van der Waals surface area (Å²) >= 11 is 6.99. The first-order valence-corrected chi connectivity index (χ1v) is 17.1. The van der Waals surface area contributed by atoms with E-state index in [0.29, 0.717) is 38.4 Å². The number of rotatable bonds is 15. The number of nitrogens with one attached hydrogen (secondary N) is 1. The lowest BCUT2D eigenvalue weighted by atomic mass is 9.86. The minimum atomic E-state index is -2.78. The lowest BCUT2D eigenvalue weighted by molar-refractivity contribution is -0.154. The molecule has 51 heavy (non-hydrogen) atoms. The van der Waals surface area contributed by atoms with E-state index < -0.39 is 38.4 Å². The van der Waals surface area contributed by atoms with Crippen LogP contribution in [0, 0.1) is 28.1 Å². The number of piperazine rings is 1. The zero-order valence-electron chi connectivity index (χ0n) is 28.0. The molecule has 1 saturated heterocycles. The van der Waals surface area contributed by atoms with Gasteiger partial charge in [0.15, 0.2) is 17.2 Å². The highest BCUT2D eigenvalue weighted by molar-refractivity contribution is 7.32. The molecule has 1 aliphatic rings. The first-order valence-electron chi connectivity index (χ1n) is 15.6. The van der Waals surface area contributed by atoms with Gasteiger partial charge in [0.2, 0.25) is 12.7 Å². The van der Waals surface area contributed by atoms with Crippen LogP contribution in [0.1, 0.15) is 44.9 Å². The summed E-state index contributed by atoms with van der Waals surface area (Å²) in [6.07, 6.45) is 0.278. The molecule has 4 N–H and O–H groups in total. The number of nitriles is 2. The number of hydrogen-bond acceptors (Lipinski definition) is 15. The van der Waals surface area contributed by atoms with Crippen LogP contribution in [0.3, 0.4) is 0 Å². The Morgan fingerprint density at radius 1 is 1.18 bits per heavy atom. The molecule has 2 amide bonds. The van der Waals surface area contributed by atoms with Crippen LogP contribution in [-0.2, 0) is 28.2 Å². The van der Waals surface area contributed by atoms with E-state index >= 15 is 0 Å². The molecule has 1 unspecified atom stereocenters. The van der Waals surface area contributed by atoms with Crippen LogP contribution >= 0.6 is 19.9 Å². The number of hydrogen-bond donors (Lipinski definition) is 3. The van der Waals surface area contributed by atoms with Crippen LogP contribution in [0.4, 0.5) is 27.9 Å². The average Bonchev–Trinajstić information content (AvgIpc) is 3.49. The first-order chi connectivity index (χ1) is 24.3. The summed E-state index contributed by atoms with van der Waals surface area (Å²) in [5, 5.41) is 27.2. The van der Waals surface area contributed by atoms with Crippen molar-refractivity contribution in [1.82, 2.24) is 24.5 Å². The van der Waals surface area contributed by atoms with Crippen LogP contribution in [0.5, 0.6) is 0 Å². The standard InChI is InChI=1S/C30H35ClN11O8P/c1-4-35-26-27-36-16-20(15-33)42(27)38-28(37-26)41(29(45)49-18-48-24(44)13-30(2,3)5-10-50-51(46)47)22-12-19(14-32)11-21(25(22)31)40-8-6-39(7-9-40)17-23(34)43/h11-12,16H,4-10,13,17-18H2,1-3H3,(H3-,34,35,37,38,43,46,47)/p+1. The number of esters is 1. The molecule has 270 valence electrons. The van der Waals surface area contributed by atoms with Gasteiger partial charge >= 0.3 is 20.3 Å². The number of carbonyl (C=O) groups is 3. The topological polar surface area (TPSA) is 255 Å². The van der Waals surface area contributed by atoms with Gasteiger partial charge in [0.25, 0.3) is 5.95 Å². The number of anilines is 4. The summed E-state index contributed by atoms with van der Waals surface area (Å²) < 4.78 is 27.2. The molecule has 1 fully saturated rings. The zero-order chi connectivity index (χ0) is 37.3. The molecule has 1 aliphatic heterocycles. The van der Waals surface area contributed by atoms with Crippen LogP contribution in [0.2, 0.25) is 5.02 Å². The van der Waals surface area contributed by atoms with Gasteiger partial charge < -0.3 is 25.4 Å². The molecule has 3 heterocycles. The predicted octanol–water partition coefficient (Wildman–Crippen LogP) is 2.81. The number of ether oxygens (including phenoxy) is 2. The Labute approximate surface area is 298 Å². The van der Waals surface area contributed by atoms with Crippen molar-refractivity contribution in [2.45, 2.75) is 33.6 Å². The van der Waals surface area contributed by atoms with Crippen molar-refractivity contribution in [2.75, 3.05) is 67.8 Å². The molecule has 0 saturated carbocycles. The van der Waals surface area contributed by atoms with Crippen LogP contribution in [0.25, 0.3) is 5.65 Å². The fraction of sp³-hybridized carbons (Fsp3) is 0.467. The summed E-state index contributed by atoms with van der Waals surface area (Å²) in [6.45, 7) is 6.61. The van der Waals surface area contributed by atoms with Crippen molar-refractivity contribution in [3.05, 3.63) is 34.6 Å². The summed E-state index contributed by atoms with van der Waals surface area (Å²) in [4.78, 5) is 60.3. The van der Waals surface area contributed by atoms with Crippen molar-refractivity contribution >= 4 is 66.6 Å². The molecule has 2 aromatic heterocycles. The minimum absolute atomic E-state index is 0.0275. The molecule has 3 aromatic rings. The number of carbonyl (C=O) groups excluding carboxylic acids is 3. The Bertz CT molecular complexity index is 1890. The number of halogens is 1. The average molecular weight is 745 g/mol. The Hall–Kier alpha value is -5.17. The summed E-state index contributed by atoms with van der Waals surface area (Å²) in [5.41, 5.74) is 5.38. The van der Waals surface area contributed by atoms with Gasteiger partial charge in [-0.2, -0.15) is 20.0 Å². The highest BCUT2D eigenvalue weighted by Gasteiger charge is 2.32. The lowest BCUT2D eigenvalue weighted by Gasteiger charge is -2.36. The maximum atomic E-state index is 13.9. The maximum Gasteiger partial charge on any atom is 0.694 e. The van der Waals surface area contributed by atoms with Gasteiger partial charge in [0.1, 0.15) is 12.7 Å². The number of primary amides is 1. The third-order valence-corrected chi connectivity index (χ3v) is 8.49. The van der Waals surface area contributed by atoms with E-state index in [4.69, 9.17) is 31.7 Å². The molecular formula is C30H36ClN11O8P+. The molecule has 0 bridgehead atoms. The van der Waals surface area contributed by atoms with Crippen molar-refractivity contribution in [3.63, 3.8) is 0 Å². The molecule has 0 radical (unpaired) electrons. The Kier molecular flexibility index (Phi) is 13.0. The first kappa shape index (κ1) is 38.6. The highest BCUT2D eigenvalue weighted by atomic mass is 35.5. The van der Waals surface area contributed by atoms with Gasteiger partial charge in [-0.25, -0.2) is 14.7 Å². The van der Waals surface area contributed by atoms with Gasteiger partial charge in [-0.1, -0.05) is 25.4 Å². The second kappa shape index (κ2) is 17.2. The SMILES string of the molecule is CCNc1nc(N(C(=O)OCOC(=O)CC(C)(C)CCO[P+](=O)O)c2cc(C#N)cc(N3CCN(CC(N)=O)CC3)c2Cl)nn2c(C#N)cnc12. The van der Waals surface area contributed by atoms with E-state index in [9.17, 15) is 29.5 Å². The van der Waals surface area contributed by atoms with E-state index in [1.54, 1.807) is 26.8 Å². The normalized spacial score (nSPS) is 13.6. The molecule has 1 atom stereocenters. The van der Waals surface area contributed by atoms with E-state index in [1.165, 1.54) is 16.8 Å². The van der Waals surface area contributed by atoms with Crippen LogP contribution in [0.15, 0.2) is 18.3 Å². The molecule has 4 rings (SSSR count). The van der Waals surface area contributed by atoms with E-state index in [-0.39, 0.29) is 65.4 Å². The van der Waals surface area contributed by atoms with Crippen LogP contribution in [-0.4, -0.2) is 100 Å². The third-order valence-electron chi connectivity index (χ3n) is 7.69. The Balaban J connectivity index is 1.69. The van der Waals surface area contributed by atoms with E-state index in [0.717, 1.165) is 4.90 Å². The number of fused-ring (bicyclic) bond motifs is 1. The number of aromatic nitrogens is 4. The number of nitrogens with two attached hydrogens (primary N) is 1. The van der Waals surface area contributed by atoms with Crippen molar-refractivity contribution < 1.29 is 37.8 Å². The Morgan fingerprint density at radius 2 is 1.90 bits per heavy atom. The zero-order valence-corrected chi connectivity index (χ0v) is 29.7. The van der Waals surface area contributed by atoms with E-state index in [2.05, 4.69) is 31.0 Å². The Morgan fingerprint density at radius 3 is 2.53 bits per heavy atom. The van der Waals surface area contributed by atoms with E-state index in [1.807, 2.05) is 15.9 Å². The number of benzene rings is 1. The molecule has 0 spiro atoms. The molecule has 1 aromatic carbocycles. The molecule has 19 nitrogen and oxygen atoms in total. The lowest BCUT2D eigenvalue weighted by Crippen LogP contribution is -2.49. The second-order valence-corrected chi connectivity index (χ2v) is 13.1. The molecular weight excluding hydrogens is 709 g/mol.